The Labute approximate surface area is 258 Å². The molecule has 43 heavy (non-hydrogen) atoms. The molecule has 1 aromatic carbocycles. The molecule has 3 heterocycles. The molecule has 3 fully saturated rings. The van der Waals surface area contributed by atoms with E-state index in [0.717, 1.165) is 62.9 Å². The topological polar surface area (TPSA) is 91.0 Å². The Morgan fingerprint density at radius 3 is 2.40 bits per heavy atom. The Balaban J connectivity index is 1.41. The molecule has 8 atom stereocenters. The fourth-order valence-electron chi connectivity index (χ4n) is 8.26. The van der Waals surface area contributed by atoms with E-state index in [1.165, 1.54) is 6.42 Å². The van der Waals surface area contributed by atoms with Crippen molar-refractivity contribution in [2.45, 2.75) is 104 Å². The number of carbonyl (C=O) groups excluding carboxylic acids is 3. The highest BCUT2D eigenvalue weighted by Crippen LogP contribution is 2.55. The molecule has 8 unspecified atom stereocenters. The summed E-state index contributed by atoms with van der Waals surface area (Å²) in [5.41, 5.74) is 1.70. The fourth-order valence-corrected chi connectivity index (χ4v) is 8.26. The van der Waals surface area contributed by atoms with Crippen molar-refractivity contribution in [2.75, 3.05) is 31.5 Å². The number of hydrogen-bond acceptors (Lipinski definition) is 5. The van der Waals surface area contributed by atoms with Gasteiger partial charge >= 0.3 is 0 Å². The highest BCUT2D eigenvalue weighted by atomic mass is 16.5. The van der Waals surface area contributed by atoms with Crippen LogP contribution >= 0.6 is 0 Å². The van der Waals surface area contributed by atoms with E-state index in [1.807, 2.05) is 38.1 Å². The Morgan fingerprint density at radius 2 is 1.72 bits per heavy atom. The zero-order valence-corrected chi connectivity index (χ0v) is 27.0. The van der Waals surface area contributed by atoms with Crippen molar-refractivity contribution in [3.05, 3.63) is 41.5 Å². The van der Waals surface area contributed by atoms with Gasteiger partial charge in [0, 0.05) is 18.3 Å². The molecule has 8 nitrogen and oxygen atoms in total. The second-order valence-electron chi connectivity index (χ2n) is 13.7. The van der Waals surface area contributed by atoms with Crippen LogP contribution in [-0.2, 0) is 19.1 Å². The number of fused-ring (bicyclic) bond motifs is 1. The van der Waals surface area contributed by atoms with Gasteiger partial charge in [0.15, 0.2) is 0 Å². The minimum Gasteiger partial charge on any atom is -0.359 e. The maximum atomic E-state index is 14.3. The summed E-state index contributed by atoms with van der Waals surface area (Å²) in [5.74, 6) is -1.05. The van der Waals surface area contributed by atoms with Gasteiger partial charge < -0.3 is 25.2 Å². The number of ether oxygens (including phenoxy) is 1. The normalized spacial score (nSPS) is 32.9. The van der Waals surface area contributed by atoms with Crippen LogP contribution in [0.1, 0.15) is 77.3 Å². The first kappa shape index (κ1) is 31.7. The van der Waals surface area contributed by atoms with E-state index in [1.54, 1.807) is 4.90 Å². The van der Waals surface area contributed by atoms with Crippen LogP contribution in [0.25, 0.3) is 0 Å². The van der Waals surface area contributed by atoms with Crippen LogP contribution in [0.4, 0.5) is 5.69 Å². The van der Waals surface area contributed by atoms with Crippen LogP contribution in [0, 0.1) is 37.5 Å². The Kier molecular flexibility index (Phi) is 9.67. The summed E-state index contributed by atoms with van der Waals surface area (Å²) in [6.07, 6.45) is 9.40. The van der Waals surface area contributed by atoms with Gasteiger partial charge in [-0.2, -0.15) is 0 Å². The molecule has 1 aromatic rings. The molecule has 1 aliphatic carbocycles. The SMILES string of the molecule is CCCN(CCC)CCCN1C(=O)C2C(C(=O)Nc3cc(C)cc(C)c3)C3C=CC2(O3)C1C(=O)NC1CCCC(C)C1C. The molecular formula is C35H52N4O4. The van der Waals surface area contributed by atoms with E-state index in [-0.39, 0.29) is 23.8 Å². The minimum absolute atomic E-state index is 0.0690. The molecule has 5 rings (SSSR count). The Morgan fingerprint density at radius 1 is 1.02 bits per heavy atom. The molecule has 236 valence electrons. The summed E-state index contributed by atoms with van der Waals surface area (Å²) < 4.78 is 6.57. The van der Waals surface area contributed by atoms with Gasteiger partial charge in [0.2, 0.25) is 17.7 Å². The summed E-state index contributed by atoms with van der Waals surface area (Å²) >= 11 is 0. The van der Waals surface area contributed by atoms with E-state index in [9.17, 15) is 14.4 Å². The quantitative estimate of drug-likeness (QED) is 0.339. The van der Waals surface area contributed by atoms with Crippen LogP contribution in [0.2, 0.25) is 0 Å². The van der Waals surface area contributed by atoms with Crippen molar-refractivity contribution < 1.29 is 19.1 Å². The molecule has 1 saturated carbocycles. The van der Waals surface area contributed by atoms with Gasteiger partial charge in [-0.1, -0.05) is 58.8 Å². The second kappa shape index (κ2) is 13.1. The number of nitrogens with zero attached hydrogens (tertiary/aromatic N) is 2. The number of anilines is 1. The summed E-state index contributed by atoms with van der Waals surface area (Å²) in [6.45, 7) is 16.2. The zero-order chi connectivity index (χ0) is 30.9. The first-order valence-corrected chi connectivity index (χ1v) is 16.7. The van der Waals surface area contributed by atoms with Crippen molar-refractivity contribution in [1.82, 2.24) is 15.1 Å². The number of nitrogens with one attached hydrogen (secondary N) is 2. The van der Waals surface area contributed by atoms with Crippen LogP contribution in [0.15, 0.2) is 30.4 Å². The minimum atomic E-state index is -1.13. The lowest BCUT2D eigenvalue weighted by Crippen LogP contribution is -2.58. The smallest absolute Gasteiger partial charge is 0.246 e. The number of amides is 3. The van der Waals surface area contributed by atoms with E-state index < -0.39 is 29.6 Å². The Hall–Kier alpha value is -2.71. The van der Waals surface area contributed by atoms with Crippen molar-refractivity contribution >= 4 is 23.4 Å². The largest absolute Gasteiger partial charge is 0.359 e. The highest BCUT2D eigenvalue weighted by molar-refractivity contribution is 6.02. The molecule has 0 aromatic heterocycles. The van der Waals surface area contributed by atoms with E-state index >= 15 is 0 Å². The van der Waals surface area contributed by atoms with E-state index in [2.05, 4.69) is 49.3 Å². The second-order valence-corrected chi connectivity index (χ2v) is 13.7. The predicted octanol–water partition coefficient (Wildman–Crippen LogP) is 4.85. The lowest BCUT2D eigenvalue weighted by Gasteiger charge is -2.38. The van der Waals surface area contributed by atoms with Crippen LogP contribution < -0.4 is 10.6 Å². The molecule has 3 amide bonds. The monoisotopic (exact) mass is 592 g/mol. The van der Waals surface area contributed by atoms with E-state index in [0.29, 0.717) is 24.1 Å². The van der Waals surface area contributed by atoms with Crippen LogP contribution in [0.5, 0.6) is 0 Å². The van der Waals surface area contributed by atoms with Gasteiger partial charge in [0.05, 0.1) is 17.9 Å². The van der Waals surface area contributed by atoms with Crippen molar-refractivity contribution in [3.8, 4) is 0 Å². The fraction of sp³-hybridized carbons (Fsp3) is 0.686. The molecule has 0 radical (unpaired) electrons. The first-order valence-electron chi connectivity index (χ1n) is 16.7. The summed E-state index contributed by atoms with van der Waals surface area (Å²) in [4.78, 5) is 46.6. The highest BCUT2D eigenvalue weighted by Gasteiger charge is 2.72. The number of rotatable bonds is 12. The van der Waals surface area contributed by atoms with Crippen molar-refractivity contribution in [3.63, 3.8) is 0 Å². The maximum Gasteiger partial charge on any atom is 0.246 e. The molecule has 1 spiro atoms. The average molecular weight is 593 g/mol. The lowest BCUT2D eigenvalue weighted by atomic mass is 9.73. The summed E-state index contributed by atoms with van der Waals surface area (Å²) in [6, 6.07) is 5.22. The molecule has 2 saturated heterocycles. The third-order valence-corrected chi connectivity index (χ3v) is 10.4. The molecule has 3 aliphatic heterocycles. The third-order valence-electron chi connectivity index (χ3n) is 10.4. The number of hydrogen-bond donors (Lipinski definition) is 2. The average Bonchev–Trinajstić information content (AvgIpc) is 3.58. The van der Waals surface area contributed by atoms with Gasteiger partial charge in [0.1, 0.15) is 11.6 Å². The Bertz CT molecular complexity index is 1210. The van der Waals surface area contributed by atoms with Gasteiger partial charge in [-0.15, -0.1) is 0 Å². The van der Waals surface area contributed by atoms with E-state index in [4.69, 9.17) is 4.74 Å². The first-order chi connectivity index (χ1) is 20.6. The standard InChI is InChI=1S/C35H52N4O4/c1-7-15-38(16-8-2)17-10-18-39-31(33(41)37-27-12-9-11-24(5)25(27)6)35-14-13-28(43-35)29(30(35)34(39)42)32(40)36-26-20-22(3)19-23(4)21-26/h13-14,19-21,24-25,27-31H,7-12,15-18H2,1-6H3,(H,36,40)(H,37,41). The van der Waals surface area contributed by atoms with Gasteiger partial charge in [-0.25, -0.2) is 0 Å². The van der Waals surface area contributed by atoms with Crippen molar-refractivity contribution in [2.24, 2.45) is 23.7 Å². The predicted molar refractivity (Wildman–Crippen MR) is 170 cm³/mol. The zero-order valence-electron chi connectivity index (χ0n) is 27.0. The van der Waals surface area contributed by atoms with Crippen LogP contribution in [-0.4, -0.2) is 77.5 Å². The van der Waals surface area contributed by atoms with Gasteiger partial charge in [-0.3, -0.25) is 14.4 Å². The lowest BCUT2D eigenvalue weighted by molar-refractivity contribution is -0.141. The summed E-state index contributed by atoms with van der Waals surface area (Å²) in [7, 11) is 0. The summed E-state index contributed by atoms with van der Waals surface area (Å²) in [5, 5.41) is 6.43. The number of aryl methyl sites for hydroxylation is 2. The molecular weight excluding hydrogens is 540 g/mol. The molecule has 8 heteroatoms. The number of likely N-dealkylation sites (tertiary alicyclic amines) is 1. The maximum absolute atomic E-state index is 14.3. The molecule has 2 N–H and O–H groups in total. The van der Waals surface area contributed by atoms with Crippen LogP contribution in [0.3, 0.4) is 0 Å². The van der Waals surface area contributed by atoms with Crippen molar-refractivity contribution in [1.29, 1.82) is 0 Å². The number of benzene rings is 1. The third kappa shape index (κ3) is 6.15. The molecule has 4 aliphatic rings. The van der Waals surface area contributed by atoms with Gasteiger partial charge in [-0.05, 0) is 94.3 Å². The molecule has 2 bridgehead atoms. The van der Waals surface area contributed by atoms with Gasteiger partial charge in [0.25, 0.3) is 0 Å². The number of carbonyl (C=O) groups is 3.